The van der Waals surface area contributed by atoms with Crippen LogP contribution in [0.1, 0.15) is 28.8 Å². The van der Waals surface area contributed by atoms with Crippen molar-refractivity contribution in [2.24, 2.45) is 0 Å². The van der Waals surface area contributed by atoms with Crippen molar-refractivity contribution >= 4 is 17.9 Å². The Labute approximate surface area is 187 Å². The number of methoxy groups -OCH3 is 1. The maximum atomic E-state index is 13.9. The number of halogens is 1. The molecule has 0 unspecified atom stereocenters. The van der Waals surface area contributed by atoms with E-state index in [2.05, 4.69) is 11.9 Å². The van der Waals surface area contributed by atoms with Crippen LogP contribution in [-0.4, -0.2) is 49.6 Å². The quantitative estimate of drug-likeness (QED) is 0.502. The summed E-state index contributed by atoms with van der Waals surface area (Å²) in [6.07, 6.45) is 6.05. The fraction of sp³-hybridized carbons (Fsp3) is 0.280. The molecule has 1 saturated heterocycles. The number of hydrogen-bond acceptors (Lipinski definition) is 4. The molecule has 32 heavy (non-hydrogen) atoms. The van der Waals surface area contributed by atoms with Crippen molar-refractivity contribution in [1.82, 2.24) is 10.2 Å². The van der Waals surface area contributed by atoms with E-state index < -0.39 is 5.82 Å². The number of rotatable bonds is 8. The summed E-state index contributed by atoms with van der Waals surface area (Å²) < 4.78 is 24.7. The van der Waals surface area contributed by atoms with Crippen LogP contribution in [-0.2, 0) is 4.79 Å². The molecular weight excluding hydrogens is 411 g/mol. The van der Waals surface area contributed by atoms with Crippen molar-refractivity contribution in [3.8, 4) is 11.5 Å². The third-order valence-corrected chi connectivity index (χ3v) is 5.20. The molecular formula is C25H27FN2O4. The summed E-state index contributed by atoms with van der Waals surface area (Å²) in [5, 5.41) is 2.96. The Hall–Kier alpha value is -3.61. The van der Waals surface area contributed by atoms with E-state index in [1.807, 2.05) is 6.07 Å². The maximum Gasteiger partial charge on any atom is 0.256 e. The number of piperidine rings is 1. The second-order valence-electron chi connectivity index (χ2n) is 7.40. The van der Waals surface area contributed by atoms with E-state index in [9.17, 15) is 14.0 Å². The highest BCUT2D eigenvalue weighted by atomic mass is 19.1. The molecule has 0 atom stereocenters. The van der Waals surface area contributed by atoms with Crippen molar-refractivity contribution in [2.45, 2.75) is 18.9 Å². The number of benzene rings is 2. The van der Waals surface area contributed by atoms with Gasteiger partial charge in [-0.3, -0.25) is 9.59 Å². The van der Waals surface area contributed by atoms with Gasteiger partial charge < -0.3 is 19.7 Å². The smallest absolute Gasteiger partial charge is 0.256 e. The first-order valence-corrected chi connectivity index (χ1v) is 10.5. The first-order valence-electron chi connectivity index (χ1n) is 10.5. The van der Waals surface area contributed by atoms with E-state index in [1.54, 1.807) is 48.4 Å². The molecule has 2 amide bonds. The van der Waals surface area contributed by atoms with Gasteiger partial charge in [0.15, 0.2) is 11.5 Å². The molecule has 168 valence electrons. The van der Waals surface area contributed by atoms with Crippen molar-refractivity contribution in [2.75, 3.05) is 26.8 Å². The van der Waals surface area contributed by atoms with Gasteiger partial charge in [0.05, 0.1) is 12.7 Å². The average molecular weight is 438 g/mol. The number of carbonyl (C=O) groups excluding carboxylic acids is 2. The summed E-state index contributed by atoms with van der Waals surface area (Å²) in [4.78, 5) is 26.5. The molecule has 0 aliphatic carbocycles. The third kappa shape index (κ3) is 5.97. The predicted octanol–water partition coefficient (Wildman–Crippen LogP) is 3.83. The Morgan fingerprint density at radius 1 is 1.19 bits per heavy atom. The maximum absolute atomic E-state index is 13.9. The molecule has 0 bridgehead atoms. The molecule has 1 N–H and O–H groups in total. The molecule has 0 radical (unpaired) electrons. The monoisotopic (exact) mass is 438 g/mol. The van der Waals surface area contributed by atoms with Crippen LogP contribution in [0.3, 0.4) is 0 Å². The molecule has 2 aromatic rings. The Morgan fingerprint density at radius 3 is 2.62 bits per heavy atom. The van der Waals surface area contributed by atoms with Gasteiger partial charge in [0.1, 0.15) is 12.4 Å². The first-order chi connectivity index (χ1) is 15.5. The van der Waals surface area contributed by atoms with Gasteiger partial charge in [-0.25, -0.2) is 4.39 Å². The number of ether oxygens (including phenoxy) is 2. The van der Waals surface area contributed by atoms with Crippen LogP contribution >= 0.6 is 0 Å². The molecule has 7 heteroatoms. The number of nitrogens with zero attached hydrogens (tertiary/aromatic N) is 1. The fourth-order valence-corrected chi connectivity index (χ4v) is 3.51. The van der Waals surface area contributed by atoms with E-state index in [0.29, 0.717) is 44.0 Å². The topological polar surface area (TPSA) is 67.9 Å². The number of carbonyl (C=O) groups is 2. The van der Waals surface area contributed by atoms with E-state index in [4.69, 9.17) is 9.47 Å². The van der Waals surface area contributed by atoms with Crippen LogP contribution in [0, 0.1) is 5.82 Å². The van der Waals surface area contributed by atoms with E-state index in [-0.39, 0.29) is 23.4 Å². The van der Waals surface area contributed by atoms with E-state index >= 15 is 0 Å². The summed E-state index contributed by atoms with van der Waals surface area (Å²) >= 11 is 0. The van der Waals surface area contributed by atoms with Crippen LogP contribution in [0.25, 0.3) is 6.08 Å². The van der Waals surface area contributed by atoms with E-state index in [0.717, 1.165) is 5.56 Å². The fourth-order valence-electron chi connectivity index (χ4n) is 3.51. The predicted molar refractivity (Wildman–Crippen MR) is 121 cm³/mol. The van der Waals surface area contributed by atoms with Crippen LogP contribution < -0.4 is 14.8 Å². The average Bonchev–Trinajstić information content (AvgIpc) is 2.82. The van der Waals surface area contributed by atoms with Gasteiger partial charge in [0.2, 0.25) is 5.91 Å². The zero-order valence-electron chi connectivity index (χ0n) is 18.1. The third-order valence-electron chi connectivity index (χ3n) is 5.20. The van der Waals surface area contributed by atoms with Gasteiger partial charge in [0.25, 0.3) is 5.91 Å². The van der Waals surface area contributed by atoms with Crippen molar-refractivity contribution in [1.29, 1.82) is 0 Å². The molecule has 1 aliphatic heterocycles. The lowest BCUT2D eigenvalue weighted by Gasteiger charge is -2.32. The van der Waals surface area contributed by atoms with Crippen LogP contribution in [0.2, 0.25) is 0 Å². The number of likely N-dealkylation sites (tertiary alicyclic amines) is 1. The standard InChI is InChI=1S/C25H27FN2O4/c1-3-16-32-22-10-8-18(17-23(22)31-2)9-11-24(29)27-19-12-14-28(15-13-19)25(30)20-6-4-5-7-21(20)26/h3-11,17,19H,1,12-16H2,2H3,(H,27,29). The van der Waals surface area contributed by atoms with Gasteiger partial charge >= 0.3 is 0 Å². The van der Waals surface area contributed by atoms with Crippen molar-refractivity contribution in [3.63, 3.8) is 0 Å². The lowest BCUT2D eigenvalue weighted by molar-refractivity contribution is -0.117. The highest BCUT2D eigenvalue weighted by Crippen LogP contribution is 2.28. The van der Waals surface area contributed by atoms with Gasteiger partial charge in [-0.2, -0.15) is 0 Å². The Bertz CT molecular complexity index is 997. The second-order valence-corrected chi connectivity index (χ2v) is 7.40. The minimum absolute atomic E-state index is 0.0407. The lowest BCUT2D eigenvalue weighted by Crippen LogP contribution is -2.46. The zero-order chi connectivity index (χ0) is 22.9. The molecule has 3 rings (SSSR count). The van der Waals surface area contributed by atoms with Gasteiger partial charge in [0, 0.05) is 25.2 Å². The van der Waals surface area contributed by atoms with Gasteiger partial charge in [-0.15, -0.1) is 0 Å². The minimum Gasteiger partial charge on any atom is -0.493 e. The van der Waals surface area contributed by atoms with Crippen molar-refractivity contribution in [3.05, 3.63) is 78.1 Å². The summed E-state index contributed by atoms with van der Waals surface area (Å²) in [6.45, 7) is 4.92. The second kappa shape index (κ2) is 11.1. The van der Waals surface area contributed by atoms with Crippen LogP contribution in [0.4, 0.5) is 4.39 Å². The normalized spacial score (nSPS) is 14.2. The number of nitrogens with one attached hydrogen (secondary N) is 1. The molecule has 6 nitrogen and oxygen atoms in total. The van der Waals surface area contributed by atoms with Crippen molar-refractivity contribution < 1.29 is 23.5 Å². The molecule has 0 saturated carbocycles. The van der Waals surface area contributed by atoms with E-state index in [1.165, 1.54) is 18.2 Å². The Kier molecular flexibility index (Phi) is 8.02. The zero-order valence-corrected chi connectivity index (χ0v) is 18.1. The number of amides is 2. The Balaban J connectivity index is 1.51. The summed E-state index contributed by atoms with van der Waals surface area (Å²) in [5.41, 5.74) is 0.877. The molecule has 2 aromatic carbocycles. The van der Waals surface area contributed by atoms with Gasteiger partial charge in [-0.1, -0.05) is 30.9 Å². The highest BCUT2D eigenvalue weighted by molar-refractivity contribution is 5.94. The highest BCUT2D eigenvalue weighted by Gasteiger charge is 2.25. The summed E-state index contributed by atoms with van der Waals surface area (Å²) in [5.74, 6) is 0.124. The SMILES string of the molecule is C=CCOc1ccc(C=CC(=O)NC2CCN(C(=O)c3ccccc3F)CC2)cc1OC. The Morgan fingerprint density at radius 2 is 1.94 bits per heavy atom. The van der Waals surface area contributed by atoms with Crippen LogP contribution in [0.5, 0.6) is 11.5 Å². The summed E-state index contributed by atoms with van der Waals surface area (Å²) in [7, 11) is 1.56. The summed E-state index contributed by atoms with van der Waals surface area (Å²) in [6, 6.07) is 11.3. The minimum atomic E-state index is -0.519. The molecule has 1 aliphatic rings. The van der Waals surface area contributed by atoms with Gasteiger partial charge in [-0.05, 0) is 48.7 Å². The van der Waals surface area contributed by atoms with Crippen LogP contribution in [0.15, 0.2) is 61.2 Å². The largest absolute Gasteiger partial charge is 0.493 e. The molecule has 0 spiro atoms. The number of hydrogen-bond donors (Lipinski definition) is 1. The molecule has 0 aromatic heterocycles. The molecule has 1 heterocycles. The first kappa shape index (κ1) is 23.1. The molecule has 1 fully saturated rings. The lowest BCUT2D eigenvalue weighted by atomic mass is 10.0.